The van der Waals surface area contributed by atoms with Crippen molar-refractivity contribution in [2.24, 2.45) is 5.92 Å². The molecule has 0 aliphatic heterocycles. The molecular weight excluding hydrogens is 248 g/mol. The summed E-state index contributed by atoms with van der Waals surface area (Å²) in [6.45, 7) is 0.752. The second kappa shape index (κ2) is 7.39. The predicted octanol–water partition coefficient (Wildman–Crippen LogP) is 1.77. The molecular formula is C14H21ClN2O. The summed E-state index contributed by atoms with van der Waals surface area (Å²) in [6, 6.07) is 10.9. The van der Waals surface area contributed by atoms with Gasteiger partial charge in [0, 0.05) is 19.0 Å². The van der Waals surface area contributed by atoms with E-state index in [9.17, 15) is 4.79 Å². The van der Waals surface area contributed by atoms with E-state index < -0.39 is 0 Å². The number of carbonyl (C=O) groups is 1. The largest absolute Gasteiger partial charge is 0.353 e. The van der Waals surface area contributed by atoms with Crippen LogP contribution in [-0.2, 0) is 11.2 Å². The number of nitrogens with one attached hydrogen (secondary N) is 2. The lowest BCUT2D eigenvalue weighted by molar-refractivity contribution is -0.121. The van der Waals surface area contributed by atoms with Gasteiger partial charge >= 0.3 is 0 Å². The van der Waals surface area contributed by atoms with Crippen LogP contribution in [0.3, 0.4) is 0 Å². The summed E-state index contributed by atoms with van der Waals surface area (Å²) in [7, 11) is 1.86. The molecule has 1 amide bonds. The smallest absolute Gasteiger partial charge is 0.221 e. The van der Waals surface area contributed by atoms with E-state index in [2.05, 4.69) is 34.9 Å². The van der Waals surface area contributed by atoms with Crippen LogP contribution < -0.4 is 10.6 Å². The van der Waals surface area contributed by atoms with Crippen molar-refractivity contribution in [3.63, 3.8) is 0 Å². The molecule has 3 nitrogen and oxygen atoms in total. The maximum Gasteiger partial charge on any atom is 0.221 e. The van der Waals surface area contributed by atoms with Crippen LogP contribution in [0, 0.1) is 5.92 Å². The highest BCUT2D eigenvalue weighted by Crippen LogP contribution is 2.33. The Morgan fingerprint density at radius 1 is 1.33 bits per heavy atom. The molecule has 0 saturated heterocycles. The van der Waals surface area contributed by atoms with Crippen LogP contribution in [0.1, 0.15) is 18.4 Å². The van der Waals surface area contributed by atoms with E-state index in [0.717, 1.165) is 19.4 Å². The molecule has 2 rings (SSSR count). The first-order valence-corrected chi connectivity index (χ1v) is 6.27. The predicted molar refractivity (Wildman–Crippen MR) is 76.0 cm³/mol. The van der Waals surface area contributed by atoms with Gasteiger partial charge in [-0.3, -0.25) is 4.79 Å². The number of amides is 1. The summed E-state index contributed by atoms with van der Waals surface area (Å²) in [5.41, 5.74) is 1.37. The first-order chi connectivity index (χ1) is 8.29. The van der Waals surface area contributed by atoms with Gasteiger partial charge in [-0.15, -0.1) is 12.4 Å². The summed E-state index contributed by atoms with van der Waals surface area (Å²) < 4.78 is 0. The monoisotopic (exact) mass is 268 g/mol. The number of benzene rings is 1. The zero-order valence-corrected chi connectivity index (χ0v) is 11.5. The summed E-state index contributed by atoms with van der Waals surface area (Å²) in [6.07, 6.45) is 2.78. The van der Waals surface area contributed by atoms with E-state index in [4.69, 9.17) is 0 Å². The van der Waals surface area contributed by atoms with Gasteiger partial charge in [0.15, 0.2) is 0 Å². The molecule has 1 fully saturated rings. The Hall–Kier alpha value is -1.06. The molecule has 1 aromatic rings. The van der Waals surface area contributed by atoms with Crippen molar-refractivity contribution < 1.29 is 4.79 Å². The second-order valence-corrected chi connectivity index (χ2v) is 4.71. The Kier molecular flexibility index (Phi) is 6.16. The molecule has 1 aromatic carbocycles. The minimum Gasteiger partial charge on any atom is -0.353 e. The standard InChI is InChI=1S/C14H20N2O.ClH/c1-15-8-7-14(17)16-13-10-12(13)9-11-5-3-2-4-6-11;/h2-6,12-13,15H,7-10H2,1H3,(H,16,17);1H. The fraction of sp³-hybridized carbons (Fsp3) is 0.500. The Morgan fingerprint density at radius 3 is 2.72 bits per heavy atom. The number of hydrogen-bond donors (Lipinski definition) is 2. The Bertz CT molecular complexity index is 369. The van der Waals surface area contributed by atoms with E-state index in [0.29, 0.717) is 18.4 Å². The molecule has 0 spiro atoms. The van der Waals surface area contributed by atoms with Crippen LogP contribution in [-0.4, -0.2) is 25.5 Å². The van der Waals surface area contributed by atoms with E-state index in [1.165, 1.54) is 5.56 Å². The highest BCUT2D eigenvalue weighted by Gasteiger charge is 2.37. The zero-order valence-electron chi connectivity index (χ0n) is 10.7. The molecule has 1 saturated carbocycles. The number of hydrogen-bond acceptors (Lipinski definition) is 2. The van der Waals surface area contributed by atoms with Crippen molar-refractivity contribution in [3.8, 4) is 0 Å². The average Bonchev–Trinajstić information content (AvgIpc) is 3.06. The molecule has 2 unspecified atom stereocenters. The lowest BCUT2D eigenvalue weighted by Crippen LogP contribution is -2.29. The third kappa shape index (κ3) is 4.67. The summed E-state index contributed by atoms with van der Waals surface area (Å²) in [5, 5.41) is 6.06. The van der Waals surface area contributed by atoms with Crippen molar-refractivity contribution >= 4 is 18.3 Å². The SMILES string of the molecule is CNCCC(=O)NC1CC1Cc1ccccc1.Cl. The third-order valence-corrected chi connectivity index (χ3v) is 3.21. The van der Waals surface area contributed by atoms with Gasteiger partial charge in [-0.2, -0.15) is 0 Å². The van der Waals surface area contributed by atoms with Gasteiger partial charge in [0.1, 0.15) is 0 Å². The lowest BCUT2D eigenvalue weighted by atomic mass is 10.1. The third-order valence-electron chi connectivity index (χ3n) is 3.21. The molecule has 18 heavy (non-hydrogen) atoms. The topological polar surface area (TPSA) is 41.1 Å². The first kappa shape index (κ1) is 15.0. The highest BCUT2D eigenvalue weighted by atomic mass is 35.5. The minimum absolute atomic E-state index is 0. The Balaban J connectivity index is 0.00000162. The maximum atomic E-state index is 11.5. The minimum atomic E-state index is 0. The van der Waals surface area contributed by atoms with Crippen LogP contribution >= 0.6 is 12.4 Å². The van der Waals surface area contributed by atoms with Crippen LogP contribution in [0.4, 0.5) is 0 Å². The quantitative estimate of drug-likeness (QED) is 0.826. The summed E-state index contributed by atoms with van der Waals surface area (Å²) >= 11 is 0. The van der Waals surface area contributed by atoms with Crippen LogP contribution in [0.5, 0.6) is 0 Å². The molecule has 0 aromatic heterocycles. The number of halogens is 1. The molecule has 0 heterocycles. The van der Waals surface area contributed by atoms with E-state index in [-0.39, 0.29) is 18.3 Å². The van der Waals surface area contributed by atoms with Crippen LogP contribution in [0.2, 0.25) is 0 Å². The van der Waals surface area contributed by atoms with Gasteiger partial charge in [-0.05, 0) is 31.4 Å². The molecule has 4 heteroatoms. The van der Waals surface area contributed by atoms with Crippen molar-refractivity contribution in [2.45, 2.75) is 25.3 Å². The van der Waals surface area contributed by atoms with Crippen LogP contribution in [0.15, 0.2) is 30.3 Å². The summed E-state index contributed by atoms with van der Waals surface area (Å²) in [5.74, 6) is 0.802. The van der Waals surface area contributed by atoms with E-state index >= 15 is 0 Å². The Labute approximate surface area is 115 Å². The lowest BCUT2D eigenvalue weighted by Gasteiger charge is -2.04. The fourth-order valence-electron chi connectivity index (χ4n) is 2.08. The van der Waals surface area contributed by atoms with Gasteiger partial charge in [0.05, 0.1) is 0 Å². The fourth-order valence-corrected chi connectivity index (χ4v) is 2.08. The molecule has 2 N–H and O–H groups in total. The van der Waals surface area contributed by atoms with Gasteiger partial charge < -0.3 is 10.6 Å². The molecule has 1 aliphatic rings. The first-order valence-electron chi connectivity index (χ1n) is 6.27. The van der Waals surface area contributed by atoms with Crippen molar-refractivity contribution in [1.82, 2.24) is 10.6 Å². The molecule has 1 aliphatic carbocycles. The molecule has 2 atom stereocenters. The number of rotatable bonds is 6. The van der Waals surface area contributed by atoms with Gasteiger partial charge in [-0.25, -0.2) is 0 Å². The van der Waals surface area contributed by atoms with Gasteiger partial charge in [0.2, 0.25) is 5.91 Å². The molecule has 0 radical (unpaired) electrons. The Morgan fingerprint density at radius 2 is 2.06 bits per heavy atom. The second-order valence-electron chi connectivity index (χ2n) is 4.71. The number of carbonyl (C=O) groups excluding carboxylic acids is 1. The van der Waals surface area contributed by atoms with Crippen molar-refractivity contribution in [3.05, 3.63) is 35.9 Å². The van der Waals surface area contributed by atoms with Crippen LogP contribution in [0.25, 0.3) is 0 Å². The van der Waals surface area contributed by atoms with Crippen molar-refractivity contribution in [1.29, 1.82) is 0 Å². The normalized spacial score (nSPS) is 20.9. The maximum absolute atomic E-state index is 11.5. The van der Waals surface area contributed by atoms with Gasteiger partial charge in [0.25, 0.3) is 0 Å². The van der Waals surface area contributed by atoms with Crippen molar-refractivity contribution in [2.75, 3.05) is 13.6 Å². The zero-order chi connectivity index (χ0) is 12.1. The van der Waals surface area contributed by atoms with Gasteiger partial charge in [-0.1, -0.05) is 30.3 Å². The van der Waals surface area contributed by atoms with E-state index in [1.807, 2.05) is 13.1 Å². The molecule has 100 valence electrons. The molecule has 0 bridgehead atoms. The van der Waals surface area contributed by atoms with E-state index in [1.54, 1.807) is 0 Å². The average molecular weight is 269 g/mol. The highest BCUT2D eigenvalue weighted by molar-refractivity contribution is 5.85. The summed E-state index contributed by atoms with van der Waals surface area (Å²) in [4.78, 5) is 11.5.